The van der Waals surface area contributed by atoms with Crippen LogP contribution >= 0.6 is 0 Å². The maximum absolute atomic E-state index is 10.9. The van der Waals surface area contributed by atoms with Crippen molar-refractivity contribution in [3.63, 3.8) is 0 Å². The molecule has 0 spiro atoms. The van der Waals surface area contributed by atoms with Gasteiger partial charge in [0.05, 0.1) is 0 Å². The predicted molar refractivity (Wildman–Crippen MR) is 71.5 cm³/mol. The zero-order valence-electron chi connectivity index (χ0n) is 10.5. The molecule has 0 radical (unpaired) electrons. The summed E-state index contributed by atoms with van der Waals surface area (Å²) < 4.78 is 0. The van der Waals surface area contributed by atoms with E-state index in [1.807, 2.05) is 12.1 Å². The Bertz CT molecular complexity index is 425. The lowest BCUT2D eigenvalue weighted by Crippen LogP contribution is -2.33. The highest BCUT2D eigenvalue weighted by molar-refractivity contribution is 5.87. The summed E-state index contributed by atoms with van der Waals surface area (Å²) in [5, 5.41) is 8.96. The molecule has 1 aromatic rings. The fourth-order valence-corrected chi connectivity index (χ4v) is 2.30. The van der Waals surface area contributed by atoms with Gasteiger partial charge in [-0.05, 0) is 31.4 Å². The summed E-state index contributed by atoms with van der Waals surface area (Å²) in [4.78, 5) is 13.1. The monoisotopic (exact) mass is 245 g/mol. The zero-order chi connectivity index (χ0) is 12.8. The van der Waals surface area contributed by atoms with Crippen LogP contribution in [0.4, 0.5) is 0 Å². The Morgan fingerprint density at radius 3 is 2.78 bits per heavy atom. The highest BCUT2D eigenvalue weighted by atomic mass is 16.4. The molecule has 0 bridgehead atoms. The molecule has 1 aliphatic rings. The van der Waals surface area contributed by atoms with Crippen LogP contribution in [0.1, 0.15) is 18.4 Å². The van der Waals surface area contributed by atoms with Gasteiger partial charge in [0.15, 0.2) is 0 Å². The van der Waals surface area contributed by atoms with Gasteiger partial charge in [-0.15, -0.1) is 0 Å². The van der Waals surface area contributed by atoms with Crippen molar-refractivity contribution >= 4 is 5.97 Å². The molecule has 0 atom stereocenters. The number of carboxylic acids is 1. The van der Waals surface area contributed by atoms with Crippen molar-refractivity contribution in [3.05, 3.63) is 47.5 Å². The maximum Gasteiger partial charge on any atom is 0.332 e. The Morgan fingerprint density at radius 2 is 2.06 bits per heavy atom. The fourth-order valence-electron chi connectivity index (χ4n) is 2.30. The first-order valence-electron chi connectivity index (χ1n) is 6.44. The Hall–Kier alpha value is -1.61. The lowest BCUT2D eigenvalue weighted by atomic mass is 10.1. The van der Waals surface area contributed by atoms with Gasteiger partial charge in [-0.2, -0.15) is 0 Å². The molecular weight excluding hydrogens is 226 g/mol. The number of carboxylic acid groups (broad SMARTS) is 1. The molecule has 0 amide bonds. The zero-order valence-corrected chi connectivity index (χ0v) is 10.5. The SMILES string of the molecule is O=C(O)C1=CCCN(CCCc2ccccc2)C1. The molecule has 0 saturated carbocycles. The van der Waals surface area contributed by atoms with E-state index in [1.165, 1.54) is 5.56 Å². The summed E-state index contributed by atoms with van der Waals surface area (Å²) in [6.45, 7) is 2.54. The van der Waals surface area contributed by atoms with E-state index in [1.54, 1.807) is 0 Å². The Morgan fingerprint density at radius 1 is 1.28 bits per heavy atom. The summed E-state index contributed by atoms with van der Waals surface area (Å²) in [6, 6.07) is 10.4. The van der Waals surface area contributed by atoms with Gasteiger partial charge in [0.25, 0.3) is 0 Å². The molecule has 3 heteroatoms. The molecule has 1 heterocycles. The van der Waals surface area contributed by atoms with E-state index in [4.69, 9.17) is 5.11 Å². The lowest BCUT2D eigenvalue weighted by Gasteiger charge is -2.25. The van der Waals surface area contributed by atoms with E-state index in [-0.39, 0.29) is 0 Å². The van der Waals surface area contributed by atoms with Crippen LogP contribution in [-0.2, 0) is 11.2 Å². The highest BCUT2D eigenvalue weighted by Gasteiger charge is 2.16. The molecule has 3 nitrogen and oxygen atoms in total. The van der Waals surface area contributed by atoms with E-state index in [0.717, 1.165) is 32.4 Å². The van der Waals surface area contributed by atoms with Crippen molar-refractivity contribution in [2.75, 3.05) is 19.6 Å². The van der Waals surface area contributed by atoms with Gasteiger partial charge in [-0.3, -0.25) is 4.90 Å². The van der Waals surface area contributed by atoms with Gasteiger partial charge in [0.2, 0.25) is 0 Å². The molecule has 0 saturated heterocycles. The summed E-state index contributed by atoms with van der Waals surface area (Å²) in [7, 11) is 0. The first-order valence-corrected chi connectivity index (χ1v) is 6.44. The molecular formula is C15H19NO2. The lowest BCUT2D eigenvalue weighted by molar-refractivity contribution is -0.133. The number of carbonyl (C=O) groups is 1. The standard InChI is InChI=1S/C15H19NO2/c17-15(18)14-9-5-11-16(12-14)10-4-8-13-6-2-1-3-7-13/h1-3,6-7,9H,4-5,8,10-12H2,(H,17,18). The Labute approximate surface area is 108 Å². The minimum Gasteiger partial charge on any atom is -0.478 e. The Kier molecular flexibility index (Phi) is 4.53. The minimum absolute atomic E-state index is 0.543. The molecule has 0 fully saturated rings. The first-order chi connectivity index (χ1) is 8.75. The second-order valence-corrected chi connectivity index (χ2v) is 4.69. The second-order valence-electron chi connectivity index (χ2n) is 4.69. The number of aliphatic carboxylic acids is 1. The van der Waals surface area contributed by atoms with Crippen LogP contribution in [0.2, 0.25) is 0 Å². The highest BCUT2D eigenvalue weighted by Crippen LogP contribution is 2.11. The summed E-state index contributed by atoms with van der Waals surface area (Å²) in [5.74, 6) is -0.775. The van der Waals surface area contributed by atoms with Crippen molar-refractivity contribution < 1.29 is 9.90 Å². The van der Waals surface area contributed by atoms with Crippen LogP contribution in [0.25, 0.3) is 0 Å². The van der Waals surface area contributed by atoms with E-state index in [9.17, 15) is 4.79 Å². The number of aryl methyl sites for hydroxylation is 1. The van der Waals surface area contributed by atoms with Crippen LogP contribution in [0.5, 0.6) is 0 Å². The third-order valence-electron chi connectivity index (χ3n) is 3.29. The van der Waals surface area contributed by atoms with Crippen LogP contribution in [-0.4, -0.2) is 35.6 Å². The number of nitrogens with zero attached hydrogens (tertiary/aromatic N) is 1. The summed E-state index contributed by atoms with van der Waals surface area (Å²) in [6.07, 6.45) is 4.84. The molecule has 2 rings (SSSR count). The average Bonchev–Trinajstić information content (AvgIpc) is 2.40. The minimum atomic E-state index is -0.775. The molecule has 1 N–H and O–H groups in total. The van der Waals surface area contributed by atoms with Crippen molar-refractivity contribution in [2.45, 2.75) is 19.3 Å². The van der Waals surface area contributed by atoms with Crippen LogP contribution < -0.4 is 0 Å². The van der Waals surface area contributed by atoms with E-state index >= 15 is 0 Å². The van der Waals surface area contributed by atoms with Crippen LogP contribution in [0.3, 0.4) is 0 Å². The number of benzene rings is 1. The van der Waals surface area contributed by atoms with Gasteiger partial charge >= 0.3 is 5.97 Å². The van der Waals surface area contributed by atoms with Crippen molar-refractivity contribution in [2.24, 2.45) is 0 Å². The van der Waals surface area contributed by atoms with Gasteiger partial charge in [-0.1, -0.05) is 36.4 Å². The number of hydrogen-bond acceptors (Lipinski definition) is 2. The topological polar surface area (TPSA) is 40.5 Å². The quantitative estimate of drug-likeness (QED) is 0.865. The molecule has 96 valence electrons. The normalized spacial score (nSPS) is 16.3. The third-order valence-corrected chi connectivity index (χ3v) is 3.29. The number of hydrogen-bond donors (Lipinski definition) is 1. The van der Waals surface area contributed by atoms with Crippen molar-refractivity contribution in [1.29, 1.82) is 0 Å². The predicted octanol–water partition coefficient (Wildman–Crippen LogP) is 2.34. The molecule has 0 aliphatic carbocycles. The molecule has 0 aromatic heterocycles. The molecule has 18 heavy (non-hydrogen) atoms. The largest absolute Gasteiger partial charge is 0.478 e. The molecule has 0 unspecified atom stereocenters. The van der Waals surface area contributed by atoms with Gasteiger partial charge in [0, 0.05) is 18.7 Å². The number of rotatable bonds is 5. The van der Waals surface area contributed by atoms with Crippen molar-refractivity contribution in [3.8, 4) is 0 Å². The van der Waals surface area contributed by atoms with Crippen LogP contribution in [0, 0.1) is 0 Å². The van der Waals surface area contributed by atoms with Gasteiger partial charge in [0.1, 0.15) is 0 Å². The van der Waals surface area contributed by atoms with Crippen LogP contribution in [0.15, 0.2) is 42.0 Å². The maximum atomic E-state index is 10.9. The fraction of sp³-hybridized carbons (Fsp3) is 0.400. The smallest absolute Gasteiger partial charge is 0.332 e. The Balaban J connectivity index is 1.75. The van der Waals surface area contributed by atoms with Gasteiger partial charge in [-0.25, -0.2) is 4.79 Å². The molecule has 1 aromatic carbocycles. The average molecular weight is 245 g/mol. The van der Waals surface area contributed by atoms with Gasteiger partial charge < -0.3 is 5.11 Å². The second kappa shape index (κ2) is 6.36. The first kappa shape index (κ1) is 12.8. The molecule has 1 aliphatic heterocycles. The van der Waals surface area contributed by atoms with E-state index < -0.39 is 5.97 Å². The summed E-state index contributed by atoms with van der Waals surface area (Å²) >= 11 is 0. The van der Waals surface area contributed by atoms with E-state index in [2.05, 4.69) is 29.2 Å². The third kappa shape index (κ3) is 3.70. The summed E-state index contributed by atoms with van der Waals surface area (Å²) in [5.41, 5.74) is 1.89. The van der Waals surface area contributed by atoms with E-state index in [0.29, 0.717) is 12.1 Å². The van der Waals surface area contributed by atoms with Crippen molar-refractivity contribution in [1.82, 2.24) is 4.90 Å².